The molecule has 1 N–H and O–H groups in total. The van der Waals surface area contributed by atoms with E-state index in [-0.39, 0.29) is 11.9 Å². The van der Waals surface area contributed by atoms with Crippen LogP contribution in [0.1, 0.15) is 37.6 Å². The second kappa shape index (κ2) is 10.5. The van der Waals surface area contributed by atoms with Crippen LogP contribution >= 0.6 is 11.6 Å². The van der Waals surface area contributed by atoms with Crippen molar-refractivity contribution in [3.8, 4) is 0 Å². The Bertz CT molecular complexity index is 883. The summed E-state index contributed by atoms with van der Waals surface area (Å²) in [6.45, 7) is 9.64. The van der Waals surface area contributed by atoms with Crippen molar-refractivity contribution in [2.45, 2.75) is 33.2 Å². The molecule has 0 bridgehead atoms. The van der Waals surface area contributed by atoms with Crippen LogP contribution in [0.4, 0.5) is 16.2 Å². The Morgan fingerprint density at radius 3 is 2.19 bits per heavy atom. The van der Waals surface area contributed by atoms with Gasteiger partial charge in [-0.3, -0.25) is 4.79 Å². The normalized spacial score (nSPS) is 14.4. The summed E-state index contributed by atoms with van der Waals surface area (Å²) in [7, 11) is 0. The predicted molar refractivity (Wildman–Crippen MR) is 127 cm³/mol. The van der Waals surface area contributed by atoms with Crippen molar-refractivity contribution in [3.05, 3.63) is 59.1 Å². The fourth-order valence-electron chi connectivity index (χ4n) is 3.88. The van der Waals surface area contributed by atoms with Gasteiger partial charge in [0.1, 0.15) is 0 Å². The van der Waals surface area contributed by atoms with E-state index in [1.165, 1.54) is 0 Å². The molecule has 3 rings (SSSR count). The smallest absolute Gasteiger partial charge is 0.321 e. The number of carbonyl (C=O) groups is 2. The highest BCUT2D eigenvalue weighted by Crippen LogP contribution is 2.19. The molecular weight excluding hydrogens is 412 g/mol. The van der Waals surface area contributed by atoms with Crippen LogP contribution in [-0.2, 0) is 0 Å². The van der Waals surface area contributed by atoms with Crippen molar-refractivity contribution in [2.24, 2.45) is 0 Å². The lowest BCUT2D eigenvalue weighted by Crippen LogP contribution is -2.39. The Morgan fingerprint density at radius 2 is 1.58 bits per heavy atom. The van der Waals surface area contributed by atoms with E-state index in [4.69, 9.17) is 11.6 Å². The summed E-state index contributed by atoms with van der Waals surface area (Å²) in [5, 5.41) is 3.52. The number of hydrogen-bond acceptors (Lipinski definition) is 3. The first-order valence-corrected chi connectivity index (χ1v) is 11.2. The Morgan fingerprint density at radius 1 is 0.968 bits per heavy atom. The van der Waals surface area contributed by atoms with Gasteiger partial charge in [0.2, 0.25) is 0 Å². The van der Waals surface area contributed by atoms with Crippen LogP contribution in [0, 0.1) is 0 Å². The SMILES string of the molecule is CCN(c1ccc(C(=O)N2CCCN(C(=O)Nc3ccc(Cl)cc3)CC2)cc1)C(C)C. The zero-order chi connectivity index (χ0) is 22.4. The van der Waals surface area contributed by atoms with Gasteiger partial charge in [-0.15, -0.1) is 0 Å². The fourth-order valence-corrected chi connectivity index (χ4v) is 4.01. The van der Waals surface area contributed by atoms with E-state index >= 15 is 0 Å². The summed E-state index contributed by atoms with van der Waals surface area (Å²) in [4.78, 5) is 31.5. The molecule has 0 aromatic heterocycles. The summed E-state index contributed by atoms with van der Waals surface area (Å²) >= 11 is 5.90. The Balaban J connectivity index is 1.59. The number of anilines is 2. The summed E-state index contributed by atoms with van der Waals surface area (Å²) in [5.74, 6) is 0.0131. The number of hydrogen-bond donors (Lipinski definition) is 1. The van der Waals surface area contributed by atoms with Crippen LogP contribution in [0.3, 0.4) is 0 Å². The Hall–Kier alpha value is -2.73. The van der Waals surface area contributed by atoms with Gasteiger partial charge in [0.25, 0.3) is 5.91 Å². The maximum Gasteiger partial charge on any atom is 0.321 e. The number of carbonyl (C=O) groups excluding carboxylic acids is 2. The minimum absolute atomic E-state index is 0.0131. The molecule has 1 saturated heterocycles. The first-order chi connectivity index (χ1) is 14.9. The second-order valence-corrected chi connectivity index (χ2v) is 8.43. The molecule has 0 spiro atoms. The molecule has 7 heteroatoms. The van der Waals surface area contributed by atoms with Crippen molar-refractivity contribution in [2.75, 3.05) is 42.9 Å². The van der Waals surface area contributed by atoms with Gasteiger partial charge < -0.3 is 20.0 Å². The standard InChI is InChI=1S/C24H31ClN4O2/c1-4-29(18(2)3)22-12-6-19(7-13-22)23(30)27-14-5-15-28(17-16-27)24(31)26-21-10-8-20(25)9-11-21/h6-13,18H,4-5,14-17H2,1-3H3,(H,26,31). The molecule has 6 nitrogen and oxygen atoms in total. The molecule has 1 fully saturated rings. The minimum Gasteiger partial charge on any atom is -0.369 e. The molecule has 31 heavy (non-hydrogen) atoms. The van der Waals surface area contributed by atoms with Crippen LogP contribution in [0.15, 0.2) is 48.5 Å². The molecule has 1 aliphatic rings. The number of amides is 3. The quantitative estimate of drug-likeness (QED) is 0.712. The van der Waals surface area contributed by atoms with E-state index in [0.717, 1.165) is 18.7 Å². The van der Waals surface area contributed by atoms with Gasteiger partial charge in [0.05, 0.1) is 0 Å². The van der Waals surface area contributed by atoms with Crippen molar-refractivity contribution < 1.29 is 9.59 Å². The fraction of sp³-hybridized carbons (Fsp3) is 0.417. The molecule has 166 valence electrons. The molecule has 0 aliphatic carbocycles. The van der Waals surface area contributed by atoms with E-state index in [2.05, 4.69) is 31.0 Å². The van der Waals surface area contributed by atoms with Crippen molar-refractivity contribution in [1.29, 1.82) is 0 Å². The van der Waals surface area contributed by atoms with Gasteiger partial charge >= 0.3 is 6.03 Å². The highest BCUT2D eigenvalue weighted by molar-refractivity contribution is 6.30. The number of halogens is 1. The highest BCUT2D eigenvalue weighted by atomic mass is 35.5. The van der Waals surface area contributed by atoms with Gasteiger partial charge in [-0.2, -0.15) is 0 Å². The van der Waals surface area contributed by atoms with Gasteiger partial charge in [0, 0.05) is 60.7 Å². The number of urea groups is 1. The summed E-state index contributed by atoms with van der Waals surface area (Å²) in [6, 6.07) is 15.1. The number of nitrogens with zero attached hydrogens (tertiary/aromatic N) is 3. The molecule has 1 aliphatic heterocycles. The minimum atomic E-state index is -0.158. The lowest BCUT2D eigenvalue weighted by atomic mass is 10.1. The van der Waals surface area contributed by atoms with E-state index < -0.39 is 0 Å². The zero-order valence-corrected chi connectivity index (χ0v) is 19.2. The monoisotopic (exact) mass is 442 g/mol. The van der Waals surface area contributed by atoms with E-state index in [0.29, 0.717) is 48.5 Å². The molecule has 0 atom stereocenters. The van der Waals surface area contributed by atoms with E-state index in [1.807, 2.05) is 29.2 Å². The molecule has 0 radical (unpaired) electrons. The predicted octanol–water partition coefficient (Wildman–Crippen LogP) is 4.95. The van der Waals surface area contributed by atoms with Crippen LogP contribution in [-0.4, -0.2) is 60.5 Å². The topological polar surface area (TPSA) is 55.9 Å². The maximum atomic E-state index is 13.0. The molecule has 0 unspecified atom stereocenters. The van der Waals surface area contributed by atoms with Crippen LogP contribution in [0.2, 0.25) is 5.02 Å². The average Bonchev–Trinajstić information content (AvgIpc) is 3.02. The zero-order valence-electron chi connectivity index (χ0n) is 18.5. The summed E-state index contributed by atoms with van der Waals surface area (Å²) < 4.78 is 0. The van der Waals surface area contributed by atoms with E-state index in [1.54, 1.807) is 29.2 Å². The lowest BCUT2D eigenvalue weighted by molar-refractivity contribution is 0.0762. The maximum absolute atomic E-state index is 13.0. The van der Waals surface area contributed by atoms with Crippen LogP contribution in [0.25, 0.3) is 0 Å². The molecular formula is C24H31ClN4O2. The van der Waals surface area contributed by atoms with Gasteiger partial charge in [-0.05, 0) is 75.7 Å². The number of rotatable bonds is 5. The highest BCUT2D eigenvalue weighted by Gasteiger charge is 2.23. The van der Waals surface area contributed by atoms with E-state index in [9.17, 15) is 9.59 Å². The van der Waals surface area contributed by atoms with Crippen molar-refractivity contribution in [3.63, 3.8) is 0 Å². The average molecular weight is 443 g/mol. The second-order valence-electron chi connectivity index (χ2n) is 8.00. The number of benzene rings is 2. The molecule has 2 aromatic rings. The lowest BCUT2D eigenvalue weighted by Gasteiger charge is -2.28. The van der Waals surface area contributed by atoms with Crippen LogP contribution < -0.4 is 10.2 Å². The first-order valence-electron chi connectivity index (χ1n) is 10.9. The third-order valence-electron chi connectivity index (χ3n) is 5.58. The third kappa shape index (κ3) is 5.91. The summed E-state index contributed by atoms with van der Waals surface area (Å²) in [5.41, 5.74) is 2.51. The van der Waals surface area contributed by atoms with Crippen LogP contribution in [0.5, 0.6) is 0 Å². The Labute approximate surface area is 189 Å². The van der Waals surface area contributed by atoms with Crippen molar-refractivity contribution in [1.82, 2.24) is 9.80 Å². The summed E-state index contributed by atoms with van der Waals surface area (Å²) in [6.07, 6.45) is 0.745. The molecule has 3 amide bonds. The van der Waals surface area contributed by atoms with Crippen molar-refractivity contribution >= 4 is 34.9 Å². The van der Waals surface area contributed by atoms with Gasteiger partial charge in [-0.25, -0.2) is 4.79 Å². The Kier molecular flexibility index (Phi) is 7.80. The van der Waals surface area contributed by atoms with Gasteiger partial charge in [0.15, 0.2) is 0 Å². The molecule has 1 heterocycles. The molecule has 2 aromatic carbocycles. The largest absolute Gasteiger partial charge is 0.369 e. The number of nitrogens with one attached hydrogen (secondary N) is 1. The van der Waals surface area contributed by atoms with Gasteiger partial charge in [-0.1, -0.05) is 11.6 Å². The first kappa shape index (κ1) is 22.9. The molecule has 0 saturated carbocycles. The third-order valence-corrected chi connectivity index (χ3v) is 5.83.